The zero-order chi connectivity index (χ0) is 16.9. The molecule has 5 nitrogen and oxygen atoms in total. The molecule has 24 heavy (non-hydrogen) atoms. The molecule has 1 fully saturated rings. The third-order valence-electron chi connectivity index (χ3n) is 4.12. The first-order valence-electron chi connectivity index (χ1n) is 8.12. The first kappa shape index (κ1) is 16.2. The van der Waals surface area contributed by atoms with Crippen LogP contribution in [-0.2, 0) is 6.54 Å². The lowest BCUT2D eigenvalue weighted by Gasteiger charge is -2.24. The van der Waals surface area contributed by atoms with Crippen LogP contribution in [-0.4, -0.2) is 29.7 Å². The molecule has 2 amide bonds. The van der Waals surface area contributed by atoms with Crippen molar-refractivity contribution in [3.8, 4) is 11.5 Å². The highest BCUT2D eigenvalue weighted by Crippen LogP contribution is 2.31. The van der Waals surface area contributed by atoms with Gasteiger partial charge >= 0.3 is 6.03 Å². The van der Waals surface area contributed by atoms with Crippen molar-refractivity contribution in [2.24, 2.45) is 5.92 Å². The maximum Gasteiger partial charge on any atom is 0.322 e. The minimum absolute atomic E-state index is 0.139. The van der Waals surface area contributed by atoms with E-state index < -0.39 is 0 Å². The number of rotatable bonds is 6. The fourth-order valence-electron chi connectivity index (χ4n) is 2.60. The molecule has 126 valence electrons. The molecule has 2 N–H and O–H groups in total. The summed E-state index contributed by atoms with van der Waals surface area (Å²) in [4.78, 5) is 14.5. The van der Waals surface area contributed by atoms with Crippen LogP contribution >= 0.6 is 0 Å². The number of phenolic OH excluding ortho intramolecular Hbond substituents is 1. The Bertz CT molecular complexity index is 696. The number of carbonyl (C=O) groups is 1. The average Bonchev–Trinajstić information content (AvgIpc) is 3.41. The highest BCUT2D eigenvalue weighted by molar-refractivity contribution is 5.91. The van der Waals surface area contributed by atoms with Crippen molar-refractivity contribution < 1.29 is 14.6 Å². The highest BCUT2D eigenvalue weighted by atomic mass is 16.5. The first-order valence-corrected chi connectivity index (χ1v) is 8.12. The highest BCUT2D eigenvalue weighted by Gasteiger charge is 2.27. The number of anilines is 1. The van der Waals surface area contributed by atoms with Crippen LogP contribution in [0.15, 0.2) is 48.5 Å². The summed E-state index contributed by atoms with van der Waals surface area (Å²) in [6.45, 7) is 1.25. The molecule has 0 aromatic heterocycles. The minimum atomic E-state index is -0.139. The number of ether oxygens (including phenoxy) is 1. The summed E-state index contributed by atoms with van der Waals surface area (Å²) >= 11 is 0. The predicted molar refractivity (Wildman–Crippen MR) is 93.3 cm³/mol. The number of nitrogens with one attached hydrogen (secondary N) is 1. The van der Waals surface area contributed by atoms with E-state index in [2.05, 4.69) is 5.32 Å². The van der Waals surface area contributed by atoms with E-state index in [1.165, 1.54) is 12.8 Å². The van der Waals surface area contributed by atoms with E-state index in [0.717, 1.165) is 12.1 Å². The molecule has 0 spiro atoms. The second kappa shape index (κ2) is 7.25. The summed E-state index contributed by atoms with van der Waals surface area (Å²) in [5.74, 6) is 1.46. The number of carbonyl (C=O) groups excluding carboxylic acids is 1. The Labute approximate surface area is 141 Å². The molecule has 1 saturated carbocycles. The van der Waals surface area contributed by atoms with Crippen LogP contribution in [0, 0.1) is 5.92 Å². The Balaban J connectivity index is 1.72. The number of methoxy groups -OCH3 is 1. The monoisotopic (exact) mass is 326 g/mol. The Morgan fingerprint density at radius 3 is 2.58 bits per heavy atom. The fraction of sp³-hybridized carbons (Fsp3) is 0.316. The lowest BCUT2D eigenvalue weighted by molar-refractivity contribution is 0.206. The largest absolute Gasteiger partial charge is 0.508 e. The van der Waals surface area contributed by atoms with Gasteiger partial charge in [0.15, 0.2) is 0 Å². The molecule has 0 aliphatic heterocycles. The van der Waals surface area contributed by atoms with Gasteiger partial charge in [0, 0.05) is 13.1 Å². The summed E-state index contributed by atoms with van der Waals surface area (Å²) in [5.41, 5.74) is 1.65. The molecule has 0 atom stereocenters. The number of nitrogens with zero attached hydrogens (tertiary/aromatic N) is 1. The average molecular weight is 326 g/mol. The topological polar surface area (TPSA) is 61.8 Å². The summed E-state index contributed by atoms with van der Waals surface area (Å²) in [5, 5.41) is 12.3. The second-order valence-corrected chi connectivity index (χ2v) is 6.12. The standard InChI is InChI=1S/C19H22N2O3/c1-24-18-5-3-2-4-17(18)20-19(23)21(12-14-6-7-14)13-15-8-10-16(22)11-9-15/h2-5,8-11,14,22H,6-7,12-13H2,1H3,(H,20,23). The van der Waals surface area contributed by atoms with Gasteiger partial charge in [0.2, 0.25) is 0 Å². The van der Waals surface area contributed by atoms with E-state index in [-0.39, 0.29) is 11.8 Å². The van der Waals surface area contributed by atoms with Crippen molar-refractivity contribution in [3.05, 3.63) is 54.1 Å². The van der Waals surface area contributed by atoms with Gasteiger partial charge in [-0.25, -0.2) is 4.79 Å². The van der Waals surface area contributed by atoms with Crippen LogP contribution in [0.1, 0.15) is 18.4 Å². The number of phenols is 1. The molecule has 0 heterocycles. The summed E-state index contributed by atoms with van der Waals surface area (Å²) in [7, 11) is 1.59. The van der Waals surface area contributed by atoms with E-state index >= 15 is 0 Å². The third-order valence-corrected chi connectivity index (χ3v) is 4.12. The normalized spacial score (nSPS) is 13.4. The quantitative estimate of drug-likeness (QED) is 0.848. The number of hydrogen-bond donors (Lipinski definition) is 2. The molecule has 0 radical (unpaired) electrons. The molecule has 0 bridgehead atoms. The van der Waals surface area contributed by atoms with Crippen LogP contribution in [0.5, 0.6) is 11.5 Å². The van der Waals surface area contributed by atoms with Crippen molar-refractivity contribution in [2.75, 3.05) is 19.0 Å². The van der Waals surface area contributed by atoms with Crippen LogP contribution in [0.4, 0.5) is 10.5 Å². The van der Waals surface area contributed by atoms with Gasteiger partial charge in [-0.15, -0.1) is 0 Å². The smallest absolute Gasteiger partial charge is 0.322 e. The molecule has 3 rings (SSSR count). The number of hydrogen-bond acceptors (Lipinski definition) is 3. The lowest BCUT2D eigenvalue weighted by atomic mass is 10.2. The van der Waals surface area contributed by atoms with Crippen molar-refractivity contribution in [3.63, 3.8) is 0 Å². The zero-order valence-corrected chi connectivity index (χ0v) is 13.7. The second-order valence-electron chi connectivity index (χ2n) is 6.12. The number of para-hydroxylation sites is 2. The van der Waals surface area contributed by atoms with E-state index in [0.29, 0.717) is 23.9 Å². The van der Waals surface area contributed by atoms with Crippen LogP contribution in [0.2, 0.25) is 0 Å². The van der Waals surface area contributed by atoms with Gasteiger partial charge in [-0.2, -0.15) is 0 Å². The minimum Gasteiger partial charge on any atom is -0.508 e. The van der Waals surface area contributed by atoms with Crippen molar-refractivity contribution in [1.82, 2.24) is 4.90 Å². The van der Waals surface area contributed by atoms with E-state index in [1.807, 2.05) is 41.3 Å². The van der Waals surface area contributed by atoms with Gasteiger partial charge in [-0.1, -0.05) is 24.3 Å². The first-order chi connectivity index (χ1) is 11.7. The molecular weight excluding hydrogens is 304 g/mol. The maximum absolute atomic E-state index is 12.7. The Morgan fingerprint density at radius 1 is 1.21 bits per heavy atom. The molecule has 0 unspecified atom stereocenters. The number of amides is 2. The summed E-state index contributed by atoms with van der Waals surface area (Å²) < 4.78 is 5.29. The van der Waals surface area contributed by atoms with Crippen molar-refractivity contribution in [2.45, 2.75) is 19.4 Å². The van der Waals surface area contributed by atoms with Gasteiger partial charge in [0.05, 0.1) is 12.8 Å². The molecule has 1 aliphatic rings. The van der Waals surface area contributed by atoms with E-state index in [9.17, 15) is 9.90 Å². The number of aromatic hydroxyl groups is 1. The van der Waals surface area contributed by atoms with Crippen LogP contribution < -0.4 is 10.1 Å². The van der Waals surface area contributed by atoms with Crippen molar-refractivity contribution >= 4 is 11.7 Å². The van der Waals surface area contributed by atoms with Gasteiger partial charge in [-0.05, 0) is 48.6 Å². The molecule has 5 heteroatoms. The van der Waals surface area contributed by atoms with Gasteiger partial charge in [0.25, 0.3) is 0 Å². The summed E-state index contributed by atoms with van der Waals surface area (Å²) in [6.07, 6.45) is 2.35. The molecule has 1 aliphatic carbocycles. The molecule has 2 aromatic carbocycles. The van der Waals surface area contributed by atoms with Crippen LogP contribution in [0.25, 0.3) is 0 Å². The molecule has 0 saturated heterocycles. The van der Waals surface area contributed by atoms with Gasteiger partial charge in [-0.3, -0.25) is 0 Å². The third kappa shape index (κ3) is 4.19. The predicted octanol–water partition coefficient (Wildman–Crippen LogP) is 3.84. The zero-order valence-electron chi connectivity index (χ0n) is 13.7. The SMILES string of the molecule is COc1ccccc1NC(=O)N(Cc1ccc(O)cc1)CC1CC1. The van der Waals surface area contributed by atoms with Gasteiger partial charge in [0.1, 0.15) is 11.5 Å². The van der Waals surface area contributed by atoms with Crippen molar-refractivity contribution in [1.29, 1.82) is 0 Å². The Morgan fingerprint density at radius 2 is 1.92 bits per heavy atom. The molecular formula is C19H22N2O3. The summed E-state index contributed by atoms with van der Waals surface area (Å²) in [6, 6.07) is 14.2. The number of benzene rings is 2. The van der Waals surface area contributed by atoms with Gasteiger partial charge < -0.3 is 20.1 Å². The Hall–Kier alpha value is -2.69. The lowest BCUT2D eigenvalue weighted by Crippen LogP contribution is -2.36. The van der Waals surface area contributed by atoms with E-state index in [1.54, 1.807) is 19.2 Å². The van der Waals surface area contributed by atoms with Crippen LogP contribution in [0.3, 0.4) is 0 Å². The Kier molecular flexibility index (Phi) is 4.89. The fourth-order valence-corrected chi connectivity index (χ4v) is 2.60. The maximum atomic E-state index is 12.7. The molecule has 2 aromatic rings. The number of urea groups is 1. The van der Waals surface area contributed by atoms with E-state index in [4.69, 9.17) is 4.74 Å².